The van der Waals surface area contributed by atoms with Crippen molar-refractivity contribution in [1.82, 2.24) is 0 Å². The SMILES string of the molecule is Cc1cc[c]c(-c2cccc(N)c2)c1. The van der Waals surface area contributed by atoms with E-state index >= 15 is 0 Å². The predicted molar refractivity (Wildman–Crippen MR) is 59.9 cm³/mol. The van der Waals surface area contributed by atoms with E-state index in [0.717, 1.165) is 16.8 Å². The Bertz CT molecular complexity index is 403. The van der Waals surface area contributed by atoms with Crippen LogP contribution in [0.25, 0.3) is 11.1 Å². The summed E-state index contributed by atoms with van der Waals surface area (Å²) in [5.74, 6) is 0. The summed E-state index contributed by atoms with van der Waals surface area (Å²) in [6.07, 6.45) is 0. The van der Waals surface area contributed by atoms with Crippen molar-refractivity contribution in [3.8, 4) is 11.1 Å². The minimum Gasteiger partial charge on any atom is -0.399 e. The van der Waals surface area contributed by atoms with E-state index in [2.05, 4.69) is 19.1 Å². The van der Waals surface area contributed by atoms with Crippen LogP contribution in [0.4, 0.5) is 5.69 Å². The van der Waals surface area contributed by atoms with E-state index in [0.29, 0.717) is 0 Å². The maximum absolute atomic E-state index is 5.72. The van der Waals surface area contributed by atoms with Crippen LogP contribution in [0.3, 0.4) is 0 Å². The van der Waals surface area contributed by atoms with Crippen LogP contribution in [0, 0.1) is 13.0 Å². The summed E-state index contributed by atoms with van der Waals surface area (Å²) in [6, 6.07) is 17.1. The van der Waals surface area contributed by atoms with E-state index in [4.69, 9.17) is 5.73 Å². The van der Waals surface area contributed by atoms with Gasteiger partial charge in [-0.25, -0.2) is 0 Å². The molecule has 2 aromatic rings. The fourth-order valence-electron chi connectivity index (χ4n) is 1.45. The lowest BCUT2D eigenvalue weighted by atomic mass is 10.0. The van der Waals surface area contributed by atoms with E-state index in [1.165, 1.54) is 5.56 Å². The number of hydrogen-bond donors (Lipinski definition) is 1. The fourth-order valence-corrected chi connectivity index (χ4v) is 1.45. The van der Waals surface area contributed by atoms with E-state index in [9.17, 15) is 0 Å². The van der Waals surface area contributed by atoms with Gasteiger partial charge in [-0.05, 0) is 36.2 Å². The monoisotopic (exact) mass is 182 g/mol. The molecule has 1 nitrogen and oxygen atoms in total. The van der Waals surface area contributed by atoms with Gasteiger partial charge >= 0.3 is 0 Å². The lowest BCUT2D eigenvalue weighted by Crippen LogP contribution is -1.85. The van der Waals surface area contributed by atoms with Crippen molar-refractivity contribution in [2.45, 2.75) is 6.92 Å². The summed E-state index contributed by atoms with van der Waals surface area (Å²) in [4.78, 5) is 0. The van der Waals surface area contributed by atoms with Gasteiger partial charge in [0, 0.05) is 5.69 Å². The summed E-state index contributed by atoms with van der Waals surface area (Å²) in [6.45, 7) is 2.07. The standard InChI is InChI=1S/C13H12N/c1-10-4-2-5-11(8-10)12-6-3-7-13(14)9-12/h2-4,6-9H,14H2,1H3. The molecule has 0 unspecified atom stereocenters. The molecule has 0 aliphatic heterocycles. The highest BCUT2D eigenvalue weighted by molar-refractivity contribution is 5.67. The van der Waals surface area contributed by atoms with Gasteiger partial charge < -0.3 is 5.73 Å². The van der Waals surface area contributed by atoms with Gasteiger partial charge in [0.1, 0.15) is 0 Å². The Hall–Kier alpha value is -1.76. The molecule has 2 N–H and O–H groups in total. The molecular weight excluding hydrogens is 170 g/mol. The predicted octanol–water partition coefficient (Wildman–Crippen LogP) is 3.04. The third-order valence-electron chi connectivity index (χ3n) is 2.15. The van der Waals surface area contributed by atoms with Gasteiger partial charge in [-0.15, -0.1) is 0 Å². The largest absolute Gasteiger partial charge is 0.399 e. The number of hydrogen-bond acceptors (Lipinski definition) is 1. The molecule has 0 saturated heterocycles. The molecule has 2 rings (SSSR count). The van der Waals surface area contributed by atoms with Gasteiger partial charge in [0.25, 0.3) is 0 Å². The second kappa shape index (κ2) is 3.54. The lowest BCUT2D eigenvalue weighted by Gasteiger charge is -2.02. The van der Waals surface area contributed by atoms with Crippen LogP contribution in [-0.4, -0.2) is 0 Å². The number of nitrogen functional groups attached to an aromatic ring is 1. The first-order valence-corrected chi connectivity index (χ1v) is 4.60. The van der Waals surface area contributed by atoms with Gasteiger partial charge in [0.05, 0.1) is 0 Å². The Morgan fingerprint density at radius 2 is 2.00 bits per heavy atom. The molecule has 0 aromatic heterocycles. The normalized spacial score (nSPS) is 10.1. The van der Waals surface area contributed by atoms with Gasteiger partial charge in [-0.3, -0.25) is 0 Å². The van der Waals surface area contributed by atoms with Crippen LogP contribution in [-0.2, 0) is 0 Å². The van der Waals surface area contributed by atoms with Gasteiger partial charge in [0.2, 0.25) is 0 Å². The smallest absolute Gasteiger partial charge is 0.0320 e. The first-order chi connectivity index (χ1) is 6.75. The summed E-state index contributed by atoms with van der Waals surface area (Å²) < 4.78 is 0. The summed E-state index contributed by atoms with van der Waals surface area (Å²) in [5, 5.41) is 0. The van der Waals surface area contributed by atoms with Crippen LogP contribution in [0.2, 0.25) is 0 Å². The van der Waals surface area contributed by atoms with Crippen LogP contribution in [0.1, 0.15) is 5.56 Å². The Labute approximate surface area is 84.2 Å². The molecule has 14 heavy (non-hydrogen) atoms. The highest BCUT2D eigenvalue weighted by Gasteiger charge is 1.97. The Morgan fingerprint density at radius 3 is 2.71 bits per heavy atom. The van der Waals surface area contributed by atoms with Crippen LogP contribution in [0.15, 0.2) is 42.5 Å². The molecule has 1 radical (unpaired) electrons. The average Bonchev–Trinajstić information content (AvgIpc) is 2.18. The lowest BCUT2D eigenvalue weighted by molar-refractivity contribution is 1.46. The van der Waals surface area contributed by atoms with E-state index in [1.54, 1.807) is 0 Å². The molecule has 0 saturated carbocycles. The number of aryl methyl sites for hydroxylation is 1. The molecular formula is C13H12N. The number of nitrogens with two attached hydrogens (primary N) is 1. The van der Waals surface area contributed by atoms with E-state index in [1.807, 2.05) is 36.4 Å². The fraction of sp³-hybridized carbons (Fsp3) is 0.0769. The van der Waals surface area contributed by atoms with Crippen molar-refractivity contribution in [3.63, 3.8) is 0 Å². The Kier molecular flexibility index (Phi) is 2.23. The maximum Gasteiger partial charge on any atom is 0.0320 e. The molecule has 69 valence electrons. The molecule has 2 aromatic carbocycles. The van der Waals surface area contributed by atoms with Crippen LogP contribution in [0.5, 0.6) is 0 Å². The molecule has 0 fully saturated rings. The minimum absolute atomic E-state index is 0.789. The van der Waals surface area contributed by atoms with Crippen molar-refractivity contribution >= 4 is 5.69 Å². The minimum atomic E-state index is 0.789. The highest BCUT2D eigenvalue weighted by Crippen LogP contribution is 2.21. The number of anilines is 1. The number of rotatable bonds is 1. The van der Waals surface area contributed by atoms with Crippen LogP contribution >= 0.6 is 0 Å². The average molecular weight is 182 g/mol. The first kappa shape index (κ1) is 8.82. The maximum atomic E-state index is 5.72. The first-order valence-electron chi connectivity index (χ1n) is 4.60. The summed E-state index contributed by atoms with van der Waals surface area (Å²) >= 11 is 0. The zero-order chi connectivity index (χ0) is 9.97. The molecule has 0 heterocycles. The molecule has 0 aliphatic carbocycles. The second-order valence-electron chi connectivity index (χ2n) is 3.41. The van der Waals surface area contributed by atoms with E-state index < -0.39 is 0 Å². The van der Waals surface area contributed by atoms with E-state index in [-0.39, 0.29) is 0 Å². The number of benzene rings is 2. The van der Waals surface area contributed by atoms with Gasteiger partial charge in [-0.2, -0.15) is 0 Å². The molecule has 0 bridgehead atoms. The summed E-state index contributed by atoms with van der Waals surface area (Å²) in [5.41, 5.74) is 9.96. The van der Waals surface area contributed by atoms with Gasteiger partial charge in [0.15, 0.2) is 0 Å². The van der Waals surface area contributed by atoms with Crippen molar-refractivity contribution in [2.24, 2.45) is 0 Å². The second-order valence-corrected chi connectivity index (χ2v) is 3.41. The molecule has 0 amide bonds. The topological polar surface area (TPSA) is 26.0 Å². The molecule has 0 atom stereocenters. The third kappa shape index (κ3) is 1.77. The molecule has 0 aliphatic rings. The van der Waals surface area contributed by atoms with Crippen molar-refractivity contribution in [2.75, 3.05) is 5.73 Å². The summed E-state index contributed by atoms with van der Waals surface area (Å²) in [7, 11) is 0. The third-order valence-corrected chi connectivity index (χ3v) is 2.15. The zero-order valence-corrected chi connectivity index (χ0v) is 8.12. The molecule has 1 heteroatoms. The molecule has 0 spiro atoms. The van der Waals surface area contributed by atoms with Crippen molar-refractivity contribution < 1.29 is 0 Å². The highest BCUT2D eigenvalue weighted by atomic mass is 14.5. The Morgan fingerprint density at radius 1 is 1.14 bits per heavy atom. The Balaban J connectivity index is 2.49. The van der Waals surface area contributed by atoms with Crippen LogP contribution < -0.4 is 5.73 Å². The van der Waals surface area contributed by atoms with Crippen molar-refractivity contribution in [3.05, 3.63) is 54.1 Å². The van der Waals surface area contributed by atoms with Crippen molar-refractivity contribution in [1.29, 1.82) is 0 Å². The zero-order valence-electron chi connectivity index (χ0n) is 8.12. The van der Waals surface area contributed by atoms with Gasteiger partial charge in [-0.1, -0.05) is 35.9 Å². The quantitative estimate of drug-likeness (QED) is 0.674.